The molecule has 0 saturated heterocycles. The van der Waals surface area contributed by atoms with E-state index in [1.807, 2.05) is 6.92 Å². The molecule has 0 spiro atoms. The number of methoxy groups -OCH3 is 2. The molecule has 0 aliphatic carbocycles. The number of phenolic OH excluding ortho intramolecular Hbond substituents is 1. The zero-order valence-electron chi connectivity index (χ0n) is 13.9. The van der Waals surface area contributed by atoms with Crippen molar-refractivity contribution in [3.63, 3.8) is 0 Å². The van der Waals surface area contributed by atoms with Crippen LogP contribution in [0, 0.1) is 6.92 Å². The summed E-state index contributed by atoms with van der Waals surface area (Å²) in [6.07, 6.45) is 3.32. The summed E-state index contributed by atoms with van der Waals surface area (Å²) in [4.78, 5) is 23.0. The third-order valence-corrected chi connectivity index (χ3v) is 3.22. The number of rotatable bonds is 5. The number of ether oxygens (including phenoxy) is 2. The van der Waals surface area contributed by atoms with Crippen LogP contribution in [0.25, 0.3) is 0 Å². The van der Waals surface area contributed by atoms with Crippen LogP contribution in [0.4, 0.5) is 0 Å². The maximum absolute atomic E-state index is 11.8. The summed E-state index contributed by atoms with van der Waals surface area (Å²) in [6.45, 7) is 7.34. The van der Waals surface area contributed by atoms with E-state index in [0.29, 0.717) is 30.3 Å². The average molecular weight is 308 g/mol. The van der Waals surface area contributed by atoms with Crippen LogP contribution < -0.4 is 0 Å². The van der Waals surface area contributed by atoms with E-state index < -0.39 is 5.97 Å². The fourth-order valence-corrected chi connectivity index (χ4v) is 2.30. The Morgan fingerprint density at radius 2 is 1.82 bits per heavy atom. The van der Waals surface area contributed by atoms with Gasteiger partial charge in [0.15, 0.2) is 6.29 Å². The monoisotopic (exact) mass is 308 g/mol. The van der Waals surface area contributed by atoms with Crippen LogP contribution in [0.15, 0.2) is 12.7 Å². The first-order valence-corrected chi connectivity index (χ1v) is 6.86. The lowest BCUT2D eigenvalue weighted by Crippen LogP contribution is -2.12. The lowest BCUT2D eigenvalue weighted by molar-refractivity contribution is 0.0594. The quantitative estimate of drug-likeness (QED) is 0.514. The van der Waals surface area contributed by atoms with Gasteiger partial charge in [-0.05, 0) is 30.9 Å². The molecule has 5 heteroatoms. The zero-order valence-corrected chi connectivity index (χ0v) is 13.9. The van der Waals surface area contributed by atoms with Crippen LogP contribution in [0.3, 0.4) is 0 Å². The molecule has 0 bridgehead atoms. The number of benzene rings is 1. The van der Waals surface area contributed by atoms with Crippen LogP contribution in [0.2, 0.25) is 0 Å². The van der Waals surface area contributed by atoms with Crippen molar-refractivity contribution in [3.8, 4) is 5.75 Å². The van der Waals surface area contributed by atoms with E-state index in [1.165, 1.54) is 7.11 Å². The summed E-state index contributed by atoms with van der Waals surface area (Å²) in [5.41, 5.74) is 2.32. The van der Waals surface area contributed by atoms with E-state index in [9.17, 15) is 14.7 Å². The Hall–Kier alpha value is -2.14. The highest BCUT2D eigenvalue weighted by Crippen LogP contribution is 2.33. The first-order chi connectivity index (χ1) is 10.4. The predicted molar refractivity (Wildman–Crippen MR) is 85.8 cm³/mol. The Bertz CT molecular complexity index is 547. The highest BCUT2D eigenvalue weighted by Gasteiger charge is 2.24. The highest BCUT2D eigenvalue weighted by molar-refractivity contribution is 6.02. The summed E-state index contributed by atoms with van der Waals surface area (Å²) < 4.78 is 8.89. The lowest BCUT2D eigenvalue weighted by Gasteiger charge is -2.17. The third-order valence-electron chi connectivity index (χ3n) is 3.22. The second kappa shape index (κ2) is 9.73. The number of hydrogen-bond donors (Lipinski definition) is 1. The maximum Gasteiger partial charge on any atom is 0.342 e. The number of aldehydes is 1. The largest absolute Gasteiger partial charge is 0.507 e. The van der Waals surface area contributed by atoms with Crippen molar-refractivity contribution in [2.75, 3.05) is 21.3 Å². The van der Waals surface area contributed by atoms with E-state index >= 15 is 0 Å². The van der Waals surface area contributed by atoms with Gasteiger partial charge in [-0.1, -0.05) is 13.0 Å². The Morgan fingerprint density at radius 3 is 2.18 bits per heavy atom. The molecule has 0 aliphatic heterocycles. The van der Waals surface area contributed by atoms with E-state index in [1.54, 1.807) is 27.2 Å². The number of aromatic hydroxyl groups is 1. The fourth-order valence-electron chi connectivity index (χ4n) is 2.30. The van der Waals surface area contributed by atoms with Crippen LogP contribution >= 0.6 is 0 Å². The molecule has 0 unspecified atom stereocenters. The number of carbonyl (C=O) groups is 2. The van der Waals surface area contributed by atoms with Crippen LogP contribution in [0.5, 0.6) is 5.75 Å². The number of esters is 1. The minimum absolute atomic E-state index is 0.0657. The van der Waals surface area contributed by atoms with Gasteiger partial charge >= 0.3 is 5.97 Å². The molecule has 1 rings (SSSR count). The van der Waals surface area contributed by atoms with E-state index in [0.717, 1.165) is 5.56 Å². The van der Waals surface area contributed by atoms with Crippen LogP contribution in [-0.4, -0.2) is 38.7 Å². The van der Waals surface area contributed by atoms with Crippen LogP contribution in [0.1, 0.15) is 44.3 Å². The molecule has 0 fully saturated rings. The number of carbonyl (C=O) groups excluding carboxylic acids is 2. The van der Waals surface area contributed by atoms with Crippen molar-refractivity contribution in [2.24, 2.45) is 0 Å². The van der Waals surface area contributed by atoms with Crippen LogP contribution in [-0.2, 0) is 22.3 Å². The SMILES string of the molecule is C=CCc1c(O)c(C(=O)OC)c(C=O)c(C)c1CC.COC. The zero-order chi connectivity index (χ0) is 17.3. The van der Waals surface area contributed by atoms with Crippen molar-refractivity contribution in [1.82, 2.24) is 0 Å². The van der Waals surface area contributed by atoms with Crippen molar-refractivity contribution in [1.29, 1.82) is 0 Å². The minimum Gasteiger partial charge on any atom is -0.507 e. The molecule has 0 aliphatic rings. The molecule has 0 aromatic heterocycles. The first-order valence-electron chi connectivity index (χ1n) is 6.86. The molecule has 0 atom stereocenters. The second-order valence-corrected chi connectivity index (χ2v) is 4.58. The normalized spacial score (nSPS) is 9.50. The molecule has 1 N–H and O–H groups in total. The summed E-state index contributed by atoms with van der Waals surface area (Å²) in [6, 6.07) is 0. The Labute approximate surface area is 131 Å². The maximum atomic E-state index is 11.8. The summed E-state index contributed by atoms with van der Waals surface area (Å²) in [5, 5.41) is 10.3. The van der Waals surface area contributed by atoms with E-state index in [4.69, 9.17) is 0 Å². The first kappa shape index (κ1) is 19.9. The molecule has 1 aromatic carbocycles. The minimum atomic E-state index is -0.712. The molecular formula is C17H24O5. The average Bonchev–Trinajstić information content (AvgIpc) is 2.50. The number of phenols is 1. The molecule has 1 aromatic rings. The van der Waals surface area contributed by atoms with Gasteiger partial charge in [-0.25, -0.2) is 4.79 Å². The van der Waals surface area contributed by atoms with Gasteiger partial charge in [0, 0.05) is 25.3 Å². The van der Waals surface area contributed by atoms with Crippen molar-refractivity contribution in [3.05, 3.63) is 40.5 Å². The molecule has 5 nitrogen and oxygen atoms in total. The molecule has 122 valence electrons. The Morgan fingerprint density at radius 1 is 1.27 bits per heavy atom. The third kappa shape index (κ3) is 4.18. The van der Waals surface area contributed by atoms with Gasteiger partial charge in [-0.3, -0.25) is 4.79 Å². The molecule has 0 amide bonds. The Kier molecular flexibility index (Phi) is 8.79. The summed E-state index contributed by atoms with van der Waals surface area (Å²) in [7, 11) is 4.46. The molecule has 0 radical (unpaired) electrons. The standard InChI is InChI=1S/C15H18O4.C2H6O/c1-5-7-11-10(6-2)9(3)12(8-16)13(14(11)17)15(18)19-4;1-3-2/h5,8,17H,1,6-7H2,2-4H3;1-2H3. The van der Waals surface area contributed by atoms with Gasteiger partial charge in [0.05, 0.1) is 7.11 Å². The second-order valence-electron chi connectivity index (χ2n) is 4.58. The fraction of sp³-hybridized carbons (Fsp3) is 0.412. The van der Waals surface area contributed by atoms with Gasteiger partial charge < -0.3 is 14.6 Å². The number of hydrogen-bond acceptors (Lipinski definition) is 5. The molecule has 22 heavy (non-hydrogen) atoms. The molecule has 0 heterocycles. The van der Waals surface area contributed by atoms with Crippen molar-refractivity contribution in [2.45, 2.75) is 26.7 Å². The topological polar surface area (TPSA) is 72.8 Å². The Balaban J connectivity index is 0.00000135. The van der Waals surface area contributed by atoms with Crippen molar-refractivity contribution >= 4 is 12.3 Å². The van der Waals surface area contributed by atoms with Crippen molar-refractivity contribution < 1.29 is 24.2 Å². The number of allylic oxidation sites excluding steroid dienone is 1. The lowest BCUT2D eigenvalue weighted by atomic mass is 9.89. The van der Waals surface area contributed by atoms with Gasteiger partial charge in [0.2, 0.25) is 0 Å². The molecular weight excluding hydrogens is 284 g/mol. The highest BCUT2D eigenvalue weighted by atomic mass is 16.5. The van der Waals surface area contributed by atoms with Gasteiger partial charge in [-0.2, -0.15) is 0 Å². The smallest absolute Gasteiger partial charge is 0.342 e. The summed E-state index contributed by atoms with van der Waals surface area (Å²) in [5.74, 6) is -0.896. The van der Waals surface area contributed by atoms with Gasteiger partial charge in [-0.15, -0.1) is 6.58 Å². The van der Waals surface area contributed by atoms with E-state index in [-0.39, 0.29) is 16.9 Å². The van der Waals surface area contributed by atoms with Gasteiger partial charge in [0.1, 0.15) is 11.3 Å². The van der Waals surface area contributed by atoms with E-state index in [2.05, 4.69) is 16.1 Å². The molecule has 0 saturated carbocycles. The summed E-state index contributed by atoms with van der Waals surface area (Å²) >= 11 is 0. The van der Waals surface area contributed by atoms with Gasteiger partial charge in [0.25, 0.3) is 0 Å². The predicted octanol–water partition coefficient (Wildman–Crippen LogP) is 2.85.